The molecule has 1 aromatic heterocycles. The van der Waals surface area contributed by atoms with Crippen LogP contribution in [0, 0.1) is 0 Å². The van der Waals surface area contributed by atoms with E-state index in [2.05, 4.69) is 16.4 Å². The van der Waals surface area contributed by atoms with Crippen molar-refractivity contribution < 1.29 is 0 Å². The number of rotatable bonds is 0. The van der Waals surface area contributed by atoms with E-state index in [0.717, 1.165) is 30.0 Å². The standard InChI is InChI=1S/C11H11ClN2/c12-7-1-2-8-9-6-13-4-3-10(9)14-11(8)5-7/h1-2,5,13-14H,3-4,6H2. The van der Waals surface area contributed by atoms with Crippen LogP contribution in [0.15, 0.2) is 18.2 Å². The zero-order valence-electron chi connectivity index (χ0n) is 7.73. The van der Waals surface area contributed by atoms with E-state index in [4.69, 9.17) is 11.6 Å². The Morgan fingerprint density at radius 2 is 2.21 bits per heavy atom. The summed E-state index contributed by atoms with van der Waals surface area (Å²) in [6, 6.07) is 6.04. The second-order valence-corrected chi connectivity index (χ2v) is 4.14. The van der Waals surface area contributed by atoms with Crippen LogP contribution in [0.3, 0.4) is 0 Å². The van der Waals surface area contributed by atoms with Crippen LogP contribution < -0.4 is 5.32 Å². The number of hydrogen-bond donors (Lipinski definition) is 2. The smallest absolute Gasteiger partial charge is 0.0474 e. The topological polar surface area (TPSA) is 27.8 Å². The number of aromatic amines is 1. The molecule has 0 aliphatic carbocycles. The molecule has 0 radical (unpaired) electrons. The summed E-state index contributed by atoms with van der Waals surface area (Å²) in [5.41, 5.74) is 3.93. The summed E-state index contributed by atoms with van der Waals surface area (Å²) in [5, 5.41) is 5.48. The molecule has 2 N–H and O–H groups in total. The summed E-state index contributed by atoms with van der Waals surface area (Å²) >= 11 is 5.95. The van der Waals surface area contributed by atoms with E-state index in [1.807, 2.05) is 12.1 Å². The summed E-state index contributed by atoms with van der Waals surface area (Å²) in [7, 11) is 0. The lowest BCUT2D eigenvalue weighted by atomic mass is 10.1. The van der Waals surface area contributed by atoms with Crippen LogP contribution in [0.2, 0.25) is 5.02 Å². The van der Waals surface area contributed by atoms with Gasteiger partial charge in [-0.15, -0.1) is 0 Å². The second kappa shape index (κ2) is 3.01. The number of aromatic nitrogens is 1. The second-order valence-electron chi connectivity index (χ2n) is 3.70. The Morgan fingerprint density at radius 3 is 3.14 bits per heavy atom. The molecular formula is C11H11ClN2. The van der Waals surface area contributed by atoms with E-state index in [0.29, 0.717) is 0 Å². The van der Waals surface area contributed by atoms with Gasteiger partial charge in [-0.1, -0.05) is 17.7 Å². The minimum atomic E-state index is 0.795. The van der Waals surface area contributed by atoms with E-state index < -0.39 is 0 Å². The number of halogens is 1. The monoisotopic (exact) mass is 206 g/mol. The molecule has 0 amide bonds. The Hall–Kier alpha value is -0.990. The summed E-state index contributed by atoms with van der Waals surface area (Å²) in [6.07, 6.45) is 1.08. The summed E-state index contributed by atoms with van der Waals surface area (Å²) in [5.74, 6) is 0. The Morgan fingerprint density at radius 1 is 1.29 bits per heavy atom. The van der Waals surface area contributed by atoms with Gasteiger partial charge in [-0.2, -0.15) is 0 Å². The molecule has 0 atom stereocenters. The molecular weight excluding hydrogens is 196 g/mol. The SMILES string of the molecule is Clc1ccc2c3c([nH]c2c1)CCNC3. The van der Waals surface area contributed by atoms with Crippen molar-refractivity contribution >= 4 is 22.5 Å². The van der Waals surface area contributed by atoms with E-state index in [9.17, 15) is 0 Å². The van der Waals surface area contributed by atoms with Crippen molar-refractivity contribution in [1.82, 2.24) is 10.3 Å². The molecule has 0 saturated heterocycles. The lowest BCUT2D eigenvalue weighted by molar-refractivity contribution is 0.641. The van der Waals surface area contributed by atoms with Gasteiger partial charge in [0.1, 0.15) is 0 Å². The first kappa shape index (κ1) is 8.33. The highest BCUT2D eigenvalue weighted by molar-refractivity contribution is 6.31. The predicted molar refractivity (Wildman–Crippen MR) is 58.7 cm³/mol. The van der Waals surface area contributed by atoms with Crippen LogP contribution in [0.25, 0.3) is 10.9 Å². The minimum absolute atomic E-state index is 0.795. The van der Waals surface area contributed by atoms with Crippen molar-refractivity contribution in [3.63, 3.8) is 0 Å². The fraction of sp³-hybridized carbons (Fsp3) is 0.273. The van der Waals surface area contributed by atoms with Gasteiger partial charge in [-0.05, 0) is 17.7 Å². The highest BCUT2D eigenvalue weighted by Crippen LogP contribution is 2.26. The van der Waals surface area contributed by atoms with Gasteiger partial charge in [0.05, 0.1) is 0 Å². The Bertz CT molecular complexity index is 487. The molecule has 0 saturated carbocycles. The Balaban J connectivity index is 2.31. The summed E-state index contributed by atoms with van der Waals surface area (Å²) in [4.78, 5) is 3.43. The van der Waals surface area contributed by atoms with Crippen LogP contribution in [0.4, 0.5) is 0 Å². The minimum Gasteiger partial charge on any atom is -0.358 e. The fourth-order valence-corrected chi connectivity index (χ4v) is 2.30. The summed E-state index contributed by atoms with van der Waals surface area (Å²) < 4.78 is 0. The number of nitrogens with one attached hydrogen (secondary N) is 2. The molecule has 0 bridgehead atoms. The molecule has 2 nitrogen and oxygen atoms in total. The van der Waals surface area contributed by atoms with Crippen LogP contribution in [-0.4, -0.2) is 11.5 Å². The van der Waals surface area contributed by atoms with Gasteiger partial charge < -0.3 is 10.3 Å². The highest BCUT2D eigenvalue weighted by Gasteiger charge is 2.14. The van der Waals surface area contributed by atoms with Crippen molar-refractivity contribution in [3.8, 4) is 0 Å². The quantitative estimate of drug-likeness (QED) is 0.681. The third-order valence-corrected chi connectivity index (χ3v) is 3.05. The van der Waals surface area contributed by atoms with Gasteiger partial charge in [-0.3, -0.25) is 0 Å². The molecule has 1 aromatic carbocycles. The van der Waals surface area contributed by atoms with Gasteiger partial charge in [0.25, 0.3) is 0 Å². The molecule has 14 heavy (non-hydrogen) atoms. The van der Waals surface area contributed by atoms with Crippen molar-refractivity contribution in [2.24, 2.45) is 0 Å². The average Bonchev–Trinajstić information content (AvgIpc) is 2.54. The van der Waals surface area contributed by atoms with Gasteiger partial charge >= 0.3 is 0 Å². The molecule has 1 aliphatic rings. The molecule has 0 unspecified atom stereocenters. The van der Waals surface area contributed by atoms with Gasteiger partial charge in [0, 0.05) is 41.1 Å². The largest absolute Gasteiger partial charge is 0.358 e. The predicted octanol–water partition coefficient (Wildman–Crippen LogP) is 2.47. The van der Waals surface area contributed by atoms with Crippen LogP contribution >= 0.6 is 11.6 Å². The maximum Gasteiger partial charge on any atom is 0.0474 e. The number of benzene rings is 1. The highest BCUT2D eigenvalue weighted by atomic mass is 35.5. The molecule has 3 rings (SSSR count). The maximum atomic E-state index is 5.95. The fourth-order valence-electron chi connectivity index (χ4n) is 2.13. The zero-order valence-corrected chi connectivity index (χ0v) is 8.49. The van der Waals surface area contributed by atoms with E-state index in [-0.39, 0.29) is 0 Å². The first-order valence-electron chi connectivity index (χ1n) is 4.84. The van der Waals surface area contributed by atoms with Crippen molar-refractivity contribution in [2.75, 3.05) is 6.54 Å². The van der Waals surface area contributed by atoms with Crippen LogP contribution in [-0.2, 0) is 13.0 Å². The van der Waals surface area contributed by atoms with E-state index >= 15 is 0 Å². The number of H-pyrrole nitrogens is 1. The molecule has 0 spiro atoms. The van der Waals surface area contributed by atoms with Crippen LogP contribution in [0.5, 0.6) is 0 Å². The third kappa shape index (κ3) is 1.15. The maximum absolute atomic E-state index is 5.95. The number of fused-ring (bicyclic) bond motifs is 3. The normalized spacial score (nSPS) is 15.8. The molecule has 2 heterocycles. The van der Waals surface area contributed by atoms with Crippen molar-refractivity contribution in [3.05, 3.63) is 34.5 Å². The van der Waals surface area contributed by atoms with Crippen molar-refractivity contribution in [1.29, 1.82) is 0 Å². The van der Waals surface area contributed by atoms with Gasteiger partial charge in [0.2, 0.25) is 0 Å². The molecule has 3 heteroatoms. The molecule has 72 valence electrons. The molecule has 2 aromatic rings. The Kier molecular flexibility index (Phi) is 1.79. The van der Waals surface area contributed by atoms with Crippen LogP contribution in [0.1, 0.15) is 11.3 Å². The lowest BCUT2D eigenvalue weighted by Crippen LogP contribution is -2.22. The number of hydrogen-bond acceptors (Lipinski definition) is 1. The summed E-state index contributed by atoms with van der Waals surface area (Å²) in [6.45, 7) is 2.03. The van der Waals surface area contributed by atoms with E-state index in [1.165, 1.54) is 16.6 Å². The molecule has 0 fully saturated rings. The van der Waals surface area contributed by atoms with Gasteiger partial charge in [-0.25, -0.2) is 0 Å². The first-order chi connectivity index (χ1) is 6.84. The molecule has 1 aliphatic heterocycles. The Labute approximate surface area is 87.3 Å². The average molecular weight is 207 g/mol. The third-order valence-electron chi connectivity index (χ3n) is 2.81. The van der Waals surface area contributed by atoms with Gasteiger partial charge in [0.15, 0.2) is 0 Å². The van der Waals surface area contributed by atoms with Crippen molar-refractivity contribution in [2.45, 2.75) is 13.0 Å². The van der Waals surface area contributed by atoms with E-state index in [1.54, 1.807) is 0 Å². The lowest BCUT2D eigenvalue weighted by Gasteiger charge is -2.12. The first-order valence-corrected chi connectivity index (χ1v) is 5.22. The zero-order chi connectivity index (χ0) is 9.54.